The molecule has 1 spiro atoms. The van der Waals surface area contributed by atoms with E-state index in [0.29, 0.717) is 53.8 Å². The van der Waals surface area contributed by atoms with Gasteiger partial charge in [-0.1, -0.05) is 0 Å². The van der Waals surface area contributed by atoms with Crippen LogP contribution in [0.2, 0.25) is 0 Å². The summed E-state index contributed by atoms with van der Waals surface area (Å²) in [5.74, 6) is 1.84. The molecule has 8 nitrogen and oxygen atoms in total. The highest BCUT2D eigenvalue weighted by Crippen LogP contribution is 2.41. The summed E-state index contributed by atoms with van der Waals surface area (Å²) in [6, 6.07) is 5.27. The van der Waals surface area contributed by atoms with Gasteiger partial charge in [-0.2, -0.15) is 0 Å². The van der Waals surface area contributed by atoms with Crippen LogP contribution in [0.25, 0.3) is 0 Å². The third-order valence-electron chi connectivity index (χ3n) is 5.30. The molecule has 1 aromatic heterocycles. The van der Waals surface area contributed by atoms with Gasteiger partial charge >= 0.3 is 5.97 Å². The van der Waals surface area contributed by atoms with E-state index in [4.69, 9.17) is 14.2 Å². The number of methoxy groups -OCH3 is 1. The first kappa shape index (κ1) is 19.2. The Bertz CT molecular complexity index is 977. The number of ether oxygens (including phenoxy) is 3. The highest BCUT2D eigenvalue weighted by molar-refractivity contribution is 6.01. The summed E-state index contributed by atoms with van der Waals surface area (Å²) in [5.41, 5.74) is 0.212. The quantitative estimate of drug-likeness (QED) is 0.727. The number of esters is 1. The van der Waals surface area contributed by atoms with E-state index in [2.05, 4.69) is 9.97 Å². The minimum absolute atomic E-state index is 0.0245. The fraction of sp³-hybridized carbons (Fsp3) is 0.429. The lowest BCUT2D eigenvalue weighted by Gasteiger charge is -2.35. The van der Waals surface area contributed by atoms with E-state index in [1.165, 1.54) is 6.20 Å². The van der Waals surface area contributed by atoms with Gasteiger partial charge in [-0.3, -0.25) is 4.79 Å². The Kier molecular flexibility index (Phi) is 4.86. The van der Waals surface area contributed by atoms with Gasteiger partial charge in [-0.05, 0) is 32.0 Å². The topological polar surface area (TPSA) is 90.9 Å². The SMILES string of the molecule is CCOC(=O)c1cnc(C)nc1N1CCC2(CC(=O)c3cc(OC)ccc3O2)C1. The predicted octanol–water partition coefficient (Wildman–Crippen LogP) is 2.58. The molecule has 2 aromatic rings. The van der Waals surface area contributed by atoms with Crippen molar-refractivity contribution in [3.05, 3.63) is 41.3 Å². The summed E-state index contributed by atoms with van der Waals surface area (Å²) in [5, 5.41) is 0. The van der Waals surface area contributed by atoms with E-state index in [-0.39, 0.29) is 18.8 Å². The molecule has 152 valence electrons. The third kappa shape index (κ3) is 3.50. The zero-order valence-electron chi connectivity index (χ0n) is 16.7. The van der Waals surface area contributed by atoms with E-state index in [9.17, 15) is 9.59 Å². The molecule has 1 unspecified atom stereocenters. The van der Waals surface area contributed by atoms with Gasteiger partial charge in [0.15, 0.2) is 5.78 Å². The smallest absolute Gasteiger partial charge is 0.343 e. The maximum atomic E-state index is 12.8. The monoisotopic (exact) mass is 397 g/mol. The molecule has 29 heavy (non-hydrogen) atoms. The van der Waals surface area contributed by atoms with E-state index >= 15 is 0 Å². The average Bonchev–Trinajstić information content (AvgIpc) is 3.10. The van der Waals surface area contributed by atoms with Crippen LogP contribution in [0.15, 0.2) is 24.4 Å². The standard InChI is InChI=1S/C21H23N3O5/c1-4-28-20(26)16-11-22-13(2)23-19(16)24-8-7-21(12-24)10-17(25)15-9-14(27-3)5-6-18(15)29-21/h5-6,9,11H,4,7-8,10,12H2,1-3H3. The van der Waals surface area contributed by atoms with Gasteiger partial charge in [0.25, 0.3) is 0 Å². The van der Waals surface area contributed by atoms with Crippen molar-refractivity contribution >= 4 is 17.6 Å². The van der Waals surface area contributed by atoms with Crippen LogP contribution in [-0.2, 0) is 4.74 Å². The van der Waals surface area contributed by atoms with Crippen LogP contribution in [-0.4, -0.2) is 54.1 Å². The third-order valence-corrected chi connectivity index (χ3v) is 5.30. The van der Waals surface area contributed by atoms with Crippen LogP contribution in [0.5, 0.6) is 11.5 Å². The molecular weight excluding hydrogens is 374 g/mol. The molecule has 3 heterocycles. The molecule has 0 radical (unpaired) electrons. The van der Waals surface area contributed by atoms with E-state index in [1.807, 2.05) is 4.90 Å². The number of aromatic nitrogens is 2. The number of ketones is 1. The molecule has 0 amide bonds. The summed E-state index contributed by atoms with van der Waals surface area (Å²) in [7, 11) is 1.57. The number of nitrogens with zero attached hydrogens (tertiary/aromatic N) is 3. The number of hydrogen-bond acceptors (Lipinski definition) is 8. The number of hydrogen-bond donors (Lipinski definition) is 0. The average molecular weight is 397 g/mol. The van der Waals surface area contributed by atoms with E-state index in [1.54, 1.807) is 39.2 Å². The summed E-state index contributed by atoms with van der Waals surface area (Å²) >= 11 is 0. The number of Topliss-reactive ketones (excluding diaryl/α,β-unsaturated/α-hetero) is 1. The molecule has 2 aliphatic rings. The number of rotatable bonds is 4. The largest absolute Gasteiger partial charge is 0.497 e. The number of carbonyl (C=O) groups is 2. The first-order chi connectivity index (χ1) is 13.9. The molecule has 0 bridgehead atoms. The van der Waals surface area contributed by atoms with Crippen molar-refractivity contribution in [2.75, 3.05) is 31.7 Å². The maximum Gasteiger partial charge on any atom is 0.343 e. The molecule has 2 aliphatic heterocycles. The molecule has 0 saturated carbocycles. The minimum atomic E-state index is -0.649. The molecule has 1 fully saturated rings. The van der Waals surface area contributed by atoms with E-state index in [0.717, 1.165) is 0 Å². The van der Waals surface area contributed by atoms with Crippen molar-refractivity contribution in [1.82, 2.24) is 9.97 Å². The van der Waals surface area contributed by atoms with Gasteiger partial charge in [-0.15, -0.1) is 0 Å². The van der Waals surface area contributed by atoms with Crippen molar-refractivity contribution in [3.8, 4) is 11.5 Å². The highest BCUT2D eigenvalue weighted by atomic mass is 16.5. The fourth-order valence-corrected chi connectivity index (χ4v) is 3.91. The van der Waals surface area contributed by atoms with Crippen LogP contribution < -0.4 is 14.4 Å². The fourth-order valence-electron chi connectivity index (χ4n) is 3.91. The van der Waals surface area contributed by atoms with Gasteiger partial charge in [0.2, 0.25) is 0 Å². The van der Waals surface area contributed by atoms with Crippen molar-refractivity contribution in [2.45, 2.75) is 32.3 Å². The van der Waals surface area contributed by atoms with Crippen LogP contribution in [0.3, 0.4) is 0 Å². The van der Waals surface area contributed by atoms with Gasteiger partial charge in [-0.25, -0.2) is 14.8 Å². The number of anilines is 1. The van der Waals surface area contributed by atoms with Crippen molar-refractivity contribution in [3.63, 3.8) is 0 Å². The van der Waals surface area contributed by atoms with Crippen LogP contribution >= 0.6 is 0 Å². The summed E-state index contributed by atoms with van der Waals surface area (Å²) in [6.07, 6.45) is 2.41. The first-order valence-corrected chi connectivity index (χ1v) is 9.60. The molecule has 1 atom stereocenters. The van der Waals surface area contributed by atoms with Gasteiger partial charge in [0, 0.05) is 19.2 Å². The minimum Gasteiger partial charge on any atom is -0.497 e. The zero-order valence-corrected chi connectivity index (χ0v) is 16.7. The van der Waals surface area contributed by atoms with Gasteiger partial charge in [0.1, 0.15) is 34.3 Å². The highest BCUT2D eigenvalue weighted by Gasteiger charge is 2.47. The Morgan fingerprint density at radius 3 is 2.97 bits per heavy atom. The van der Waals surface area contributed by atoms with Gasteiger partial charge in [0.05, 0.1) is 32.2 Å². The lowest BCUT2D eigenvalue weighted by molar-refractivity contribution is 0.0513. The number of aryl methyl sites for hydroxylation is 1. The predicted molar refractivity (Wildman–Crippen MR) is 105 cm³/mol. The second kappa shape index (κ2) is 7.35. The molecule has 1 saturated heterocycles. The number of benzene rings is 1. The zero-order chi connectivity index (χ0) is 20.6. The summed E-state index contributed by atoms with van der Waals surface area (Å²) < 4.78 is 16.7. The maximum absolute atomic E-state index is 12.8. The van der Waals surface area contributed by atoms with Crippen molar-refractivity contribution in [2.24, 2.45) is 0 Å². The molecular formula is C21H23N3O5. The van der Waals surface area contributed by atoms with Crippen LogP contribution in [0.4, 0.5) is 5.82 Å². The van der Waals surface area contributed by atoms with Crippen molar-refractivity contribution < 1.29 is 23.8 Å². The normalized spacial score (nSPS) is 20.4. The van der Waals surface area contributed by atoms with E-state index < -0.39 is 11.6 Å². The first-order valence-electron chi connectivity index (χ1n) is 9.60. The lowest BCUT2D eigenvalue weighted by Crippen LogP contribution is -2.44. The summed E-state index contributed by atoms with van der Waals surface area (Å²) in [4.78, 5) is 35.8. The Hall–Kier alpha value is -3.16. The lowest BCUT2D eigenvalue weighted by atomic mass is 9.89. The molecule has 0 N–H and O–H groups in total. The molecule has 1 aromatic carbocycles. The number of carbonyl (C=O) groups excluding carboxylic acids is 2. The Morgan fingerprint density at radius 2 is 2.21 bits per heavy atom. The Morgan fingerprint density at radius 1 is 1.38 bits per heavy atom. The van der Waals surface area contributed by atoms with Crippen LogP contribution in [0.1, 0.15) is 46.3 Å². The Balaban J connectivity index is 1.62. The summed E-state index contributed by atoms with van der Waals surface area (Å²) in [6.45, 7) is 4.86. The second-order valence-corrected chi connectivity index (χ2v) is 7.29. The molecule has 8 heteroatoms. The molecule has 0 aliphatic carbocycles. The number of fused-ring (bicyclic) bond motifs is 1. The van der Waals surface area contributed by atoms with Gasteiger partial charge < -0.3 is 19.1 Å². The van der Waals surface area contributed by atoms with Crippen molar-refractivity contribution in [1.29, 1.82) is 0 Å². The van der Waals surface area contributed by atoms with Crippen LogP contribution in [0, 0.1) is 6.92 Å². The second-order valence-electron chi connectivity index (χ2n) is 7.29. The Labute approximate surface area is 168 Å². The molecule has 4 rings (SSSR count).